The third kappa shape index (κ3) is 4.07. The molecular weight excluding hydrogens is 234 g/mol. The van der Waals surface area contributed by atoms with Crippen molar-refractivity contribution in [2.45, 2.75) is 72.4 Å². The lowest BCUT2D eigenvalue weighted by Gasteiger charge is -2.15. The van der Waals surface area contributed by atoms with E-state index in [1.165, 1.54) is 49.3 Å². The lowest BCUT2D eigenvalue weighted by molar-refractivity contribution is 0.497. The highest BCUT2D eigenvalue weighted by Crippen LogP contribution is 2.17. The molecule has 108 valence electrons. The summed E-state index contributed by atoms with van der Waals surface area (Å²) >= 11 is 0. The van der Waals surface area contributed by atoms with Crippen molar-refractivity contribution < 1.29 is 0 Å². The molecule has 0 spiro atoms. The molecule has 0 saturated carbocycles. The normalized spacial score (nSPS) is 14.9. The van der Waals surface area contributed by atoms with E-state index in [1.807, 2.05) is 0 Å². The highest BCUT2D eigenvalue weighted by Gasteiger charge is 2.16. The molecule has 1 N–H and O–H groups in total. The fraction of sp³-hybridized carbons (Fsp3) is 0.812. The Morgan fingerprint density at radius 2 is 2.00 bits per heavy atom. The van der Waals surface area contributed by atoms with Gasteiger partial charge in [-0.25, -0.2) is 4.98 Å². The molecule has 0 unspecified atom stereocenters. The van der Waals surface area contributed by atoms with Crippen LogP contribution in [-0.4, -0.2) is 16.1 Å². The minimum Gasteiger partial charge on any atom is -0.332 e. The van der Waals surface area contributed by atoms with Crippen molar-refractivity contribution >= 4 is 0 Å². The molecule has 3 heteroatoms. The number of hydrogen-bond donors (Lipinski definition) is 1. The Morgan fingerprint density at radius 3 is 2.79 bits per heavy atom. The van der Waals surface area contributed by atoms with Crippen LogP contribution in [0.1, 0.15) is 63.2 Å². The number of fused-ring (bicyclic) bond motifs is 1. The van der Waals surface area contributed by atoms with Gasteiger partial charge in [-0.05, 0) is 19.3 Å². The van der Waals surface area contributed by atoms with E-state index in [-0.39, 0.29) is 0 Å². The van der Waals surface area contributed by atoms with Gasteiger partial charge in [0.05, 0.1) is 5.69 Å². The van der Waals surface area contributed by atoms with Gasteiger partial charge in [-0.15, -0.1) is 0 Å². The maximum absolute atomic E-state index is 4.69. The summed E-state index contributed by atoms with van der Waals surface area (Å²) < 4.78 is 2.46. The third-order valence-corrected chi connectivity index (χ3v) is 4.09. The molecule has 0 aromatic carbocycles. The Bertz CT molecular complexity index is 393. The molecule has 3 nitrogen and oxygen atoms in total. The largest absolute Gasteiger partial charge is 0.332 e. The van der Waals surface area contributed by atoms with Gasteiger partial charge in [-0.3, -0.25) is 0 Å². The molecular formula is C16H29N3. The van der Waals surface area contributed by atoms with Crippen molar-refractivity contribution in [1.29, 1.82) is 0 Å². The summed E-state index contributed by atoms with van der Waals surface area (Å²) in [6.07, 6.45) is 7.96. The minimum absolute atomic E-state index is 0.857. The summed E-state index contributed by atoms with van der Waals surface area (Å²) in [7, 11) is 0. The van der Waals surface area contributed by atoms with Gasteiger partial charge in [0, 0.05) is 31.7 Å². The minimum atomic E-state index is 0.857. The van der Waals surface area contributed by atoms with E-state index < -0.39 is 0 Å². The second-order valence-corrected chi connectivity index (χ2v) is 6.23. The summed E-state index contributed by atoms with van der Waals surface area (Å²) in [4.78, 5) is 4.69. The Balaban J connectivity index is 1.75. The molecule has 0 fully saturated rings. The number of rotatable bonds is 7. The van der Waals surface area contributed by atoms with Crippen LogP contribution in [0.3, 0.4) is 0 Å². The number of hydrogen-bond acceptors (Lipinski definition) is 2. The van der Waals surface area contributed by atoms with Crippen LogP contribution >= 0.6 is 0 Å². The highest BCUT2D eigenvalue weighted by atomic mass is 15.1. The van der Waals surface area contributed by atoms with E-state index in [4.69, 9.17) is 0 Å². The standard InChI is InChI=1S/C16H29N3/c1-13(2)8-6-4-5-7-11-19-14(3)18-15-12-17-10-9-16(15)19/h13,17H,4-12H2,1-3H3. The highest BCUT2D eigenvalue weighted by molar-refractivity contribution is 5.19. The van der Waals surface area contributed by atoms with Gasteiger partial charge in [-0.1, -0.05) is 39.5 Å². The first-order chi connectivity index (χ1) is 9.18. The zero-order valence-corrected chi connectivity index (χ0v) is 12.8. The molecule has 1 aliphatic heterocycles. The maximum atomic E-state index is 4.69. The molecule has 0 atom stereocenters. The number of nitrogens with one attached hydrogen (secondary N) is 1. The molecule has 2 heterocycles. The molecule has 2 rings (SSSR count). The average molecular weight is 263 g/mol. The van der Waals surface area contributed by atoms with E-state index in [9.17, 15) is 0 Å². The number of nitrogens with zero attached hydrogens (tertiary/aromatic N) is 2. The molecule has 0 aliphatic carbocycles. The molecule has 0 amide bonds. The first-order valence-corrected chi connectivity index (χ1v) is 7.94. The first kappa shape index (κ1) is 14.6. The van der Waals surface area contributed by atoms with Gasteiger partial charge < -0.3 is 9.88 Å². The van der Waals surface area contributed by atoms with Gasteiger partial charge in [0.2, 0.25) is 0 Å². The van der Waals surface area contributed by atoms with Crippen LogP contribution in [0.25, 0.3) is 0 Å². The van der Waals surface area contributed by atoms with Crippen LogP contribution in [0.5, 0.6) is 0 Å². The predicted octanol–water partition coefficient (Wildman–Crippen LogP) is 3.44. The summed E-state index contributed by atoms with van der Waals surface area (Å²) in [5.41, 5.74) is 2.77. The quantitative estimate of drug-likeness (QED) is 0.764. The molecule has 0 bridgehead atoms. The summed E-state index contributed by atoms with van der Waals surface area (Å²) in [5.74, 6) is 2.06. The number of aromatic nitrogens is 2. The van der Waals surface area contributed by atoms with Crippen molar-refractivity contribution in [2.75, 3.05) is 6.54 Å². The Kier molecular flexibility index (Phi) is 5.44. The lowest BCUT2D eigenvalue weighted by Crippen LogP contribution is -2.25. The van der Waals surface area contributed by atoms with Crippen molar-refractivity contribution in [1.82, 2.24) is 14.9 Å². The van der Waals surface area contributed by atoms with E-state index in [0.29, 0.717) is 0 Å². The van der Waals surface area contributed by atoms with Crippen molar-refractivity contribution in [3.05, 3.63) is 17.2 Å². The average Bonchev–Trinajstić information content (AvgIpc) is 2.69. The maximum Gasteiger partial charge on any atom is 0.106 e. The van der Waals surface area contributed by atoms with Crippen LogP contribution in [0, 0.1) is 12.8 Å². The lowest BCUT2D eigenvalue weighted by atomic mass is 10.0. The third-order valence-electron chi connectivity index (χ3n) is 4.09. The van der Waals surface area contributed by atoms with E-state index in [0.717, 1.165) is 32.0 Å². The van der Waals surface area contributed by atoms with Crippen molar-refractivity contribution in [2.24, 2.45) is 5.92 Å². The van der Waals surface area contributed by atoms with Crippen LogP contribution in [0.15, 0.2) is 0 Å². The number of unbranched alkanes of at least 4 members (excludes halogenated alkanes) is 3. The smallest absolute Gasteiger partial charge is 0.106 e. The summed E-state index contributed by atoms with van der Waals surface area (Å²) in [6.45, 7) is 10.0. The second-order valence-electron chi connectivity index (χ2n) is 6.23. The van der Waals surface area contributed by atoms with E-state index >= 15 is 0 Å². The molecule has 0 saturated heterocycles. The van der Waals surface area contributed by atoms with Crippen molar-refractivity contribution in [3.63, 3.8) is 0 Å². The molecule has 1 aromatic heterocycles. The van der Waals surface area contributed by atoms with E-state index in [2.05, 4.69) is 35.6 Å². The summed E-state index contributed by atoms with van der Waals surface area (Å²) in [5, 5.41) is 3.40. The van der Waals surface area contributed by atoms with Gasteiger partial charge in [-0.2, -0.15) is 0 Å². The summed E-state index contributed by atoms with van der Waals surface area (Å²) in [6, 6.07) is 0. The Hall–Kier alpha value is -0.830. The molecule has 19 heavy (non-hydrogen) atoms. The first-order valence-electron chi connectivity index (χ1n) is 7.94. The van der Waals surface area contributed by atoms with Gasteiger partial charge in [0.1, 0.15) is 5.82 Å². The fourth-order valence-corrected chi connectivity index (χ4v) is 2.98. The topological polar surface area (TPSA) is 29.9 Å². The van der Waals surface area contributed by atoms with Crippen LogP contribution in [0.2, 0.25) is 0 Å². The van der Waals surface area contributed by atoms with Crippen LogP contribution in [-0.2, 0) is 19.5 Å². The van der Waals surface area contributed by atoms with Gasteiger partial charge in [0.15, 0.2) is 0 Å². The van der Waals surface area contributed by atoms with Gasteiger partial charge in [0.25, 0.3) is 0 Å². The van der Waals surface area contributed by atoms with Crippen LogP contribution < -0.4 is 5.32 Å². The zero-order chi connectivity index (χ0) is 13.7. The molecule has 0 radical (unpaired) electrons. The van der Waals surface area contributed by atoms with Crippen LogP contribution in [0.4, 0.5) is 0 Å². The fourth-order valence-electron chi connectivity index (χ4n) is 2.98. The SMILES string of the molecule is Cc1nc2c(n1CCCCCCC(C)C)CCNC2. The van der Waals surface area contributed by atoms with Crippen molar-refractivity contribution in [3.8, 4) is 0 Å². The Morgan fingerprint density at radius 1 is 1.21 bits per heavy atom. The molecule has 1 aromatic rings. The van der Waals surface area contributed by atoms with E-state index in [1.54, 1.807) is 0 Å². The molecule has 1 aliphatic rings. The van der Waals surface area contributed by atoms with Gasteiger partial charge >= 0.3 is 0 Å². The number of imidazole rings is 1. The Labute approximate surface area is 117 Å². The predicted molar refractivity (Wildman–Crippen MR) is 80.3 cm³/mol. The zero-order valence-electron chi connectivity index (χ0n) is 12.8. The number of aryl methyl sites for hydroxylation is 1. The second kappa shape index (κ2) is 7.09. The monoisotopic (exact) mass is 263 g/mol.